The first-order valence-corrected chi connectivity index (χ1v) is 5.65. The number of nitrogen functional groups attached to an aromatic ring is 1. The van der Waals surface area contributed by atoms with E-state index in [0.29, 0.717) is 12.2 Å². The summed E-state index contributed by atoms with van der Waals surface area (Å²) in [5.74, 6) is -0.234. The molecule has 3 N–H and O–H groups in total. The zero-order valence-electron chi connectivity index (χ0n) is 10.1. The van der Waals surface area contributed by atoms with Crippen molar-refractivity contribution in [3.8, 4) is 11.3 Å². The summed E-state index contributed by atoms with van der Waals surface area (Å²) < 4.78 is 1.32. The molecule has 2 aromatic rings. The van der Waals surface area contributed by atoms with Gasteiger partial charge < -0.3 is 5.73 Å². The summed E-state index contributed by atoms with van der Waals surface area (Å²) in [6, 6.07) is 11.1. The molecule has 0 radical (unpaired) electrons. The van der Waals surface area contributed by atoms with Gasteiger partial charge in [0.2, 0.25) is 0 Å². The van der Waals surface area contributed by atoms with E-state index >= 15 is 0 Å². The van der Waals surface area contributed by atoms with E-state index in [1.807, 2.05) is 37.3 Å². The molecule has 5 nitrogen and oxygen atoms in total. The molecule has 0 aliphatic heterocycles. The summed E-state index contributed by atoms with van der Waals surface area (Å²) in [6.45, 7) is 2.27. The Labute approximate surface area is 104 Å². The molecule has 92 valence electrons. The minimum Gasteiger partial charge on any atom is -0.384 e. The van der Waals surface area contributed by atoms with Gasteiger partial charge in [-0.2, -0.15) is 5.10 Å². The Hall–Kier alpha value is -2.43. The van der Waals surface area contributed by atoms with Crippen LogP contribution in [0.1, 0.15) is 12.5 Å². The standard InChI is InChI=1S/C13H14N4O/c1-2-17-13(18)10(12(14)15)8-11(16-17)9-6-4-3-5-7-9/h3-8H,2H2,1H3,(H3,14,15). The monoisotopic (exact) mass is 242 g/mol. The number of rotatable bonds is 3. The Morgan fingerprint density at radius 1 is 1.39 bits per heavy atom. The van der Waals surface area contributed by atoms with Gasteiger partial charge in [-0.15, -0.1) is 0 Å². The number of hydrogen-bond acceptors (Lipinski definition) is 3. The van der Waals surface area contributed by atoms with Crippen LogP contribution < -0.4 is 11.3 Å². The van der Waals surface area contributed by atoms with Crippen molar-refractivity contribution in [3.05, 3.63) is 52.3 Å². The first kappa shape index (κ1) is 12.0. The number of hydrogen-bond donors (Lipinski definition) is 2. The molecule has 0 fully saturated rings. The Morgan fingerprint density at radius 2 is 2.06 bits per heavy atom. The van der Waals surface area contributed by atoms with Gasteiger partial charge >= 0.3 is 0 Å². The maximum absolute atomic E-state index is 11.9. The largest absolute Gasteiger partial charge is 0.384 e. The third kappa shape index (κ3) is 2.15. The predicted molar refractivity (Wildman–Crippen MR) is 70.6 cm³/mol. The molecule has 5 heteroatoms. The first-order chi connectivity index (χ1) is 8.63. The van der Waals surface area contributed by atoms with Gasteiger partial charge in [0.25, 0.3) is 5.56 Å². The zero-order chi connectivity index (χ0) is 13.1. The number of benzene rings is 1. The second-order valence-electron chi connectivity index (χ2n) is 3.84. The van der Waals surface area contributed by atoms with Crippen molar-refractivity contribution < 1.29 is 0 Å². The fourth-order valence-electron chi connectivity index (χ4n) is 1.70. The lowest BCUT2D eigenvalue weighted by Gasteiger charge is -2.08. The minimum absolute atomic E-state index is 0.186. The van der Waals surface area contributed by atoms with Crippen molar-refractivity contribution in [2.24, 2.45) is 5.73 Å². The van der Waals surface area contributed by atoms with Crippen LogP contribution in [0.4, 0.5) is 0 Å². The van der Waals surface area contributed by atoms with Crippen molar-refractivity contribution in [2.45, 2.75) is 13.5 Å². The van der Waals surface area contributed by atoms with Gasteiger partial charge in [0.1, 0.15) is 5.84 Å². The van der Waals surface area contributed by atoms with Crippen molar-refractivity contribution in [2.75, 3.05) is 0 Å². The van der Waals surface area contributed by atoms with E-state index in [4.69, 9.17) is 11.1 Å². The van der Waals surface area contributed by atoms with Crippen LogP contribution in [0.2, 0.25) is 0 Å². The number of nitrogens with two attached hydrogens (primary N) is 1. The van der Waals surface area contributed by atoms with Crippen LogP contribution in [0.15, 0.2) is 41.2 Å². The van der Waals surface area contributed by atoms with Crippen LogP contribution in [0.3, 0.4) is 0 Å². The third-order valence-electron chi connectivity index (χ3n) is 2.63. The molecular formula is C13H14N4O. The Balaban J connectivity index is 2.67. The SMILES string of the molecule is CCn1nc(-c2ccccc2)cc(C(=N)N)c1=O. The average molecular weight is 242 g/mol. The van der Waals surface area contributed by atoms with E-state index in [0.717, 1.165) is 5.56 Å². The van der Waals surface area contributed by atoms with Crippen LogP contribution in [0.5, 0.6) is 0 Å². The number of amidine groups is 1. The molecule has 0 saturated carbocycles. The highest BCUT2D eigenvalue weighted by Gasteiger charge is 2.10. The molecule has 0 unspecified atom stereocenters. The van der Waals surface area contributed by atoms with Gasteiger partial charge in [0.05, 0.1) is 11.3 Å². The molecule has 0 bridgehead atoms. The fraction of sp³-hybridized carbons (Fsp3) is 0.154. The Kier molecular flexibility index (Phi) is 3.23. The molecule has 0 aliphatic rings. The van der Waals surface area contributed by atoms with Gasteiger partial charge in [-0.25, -0.2) is 4.68 Å². The van der Waals surface area contributed by atoms with Gasteiger partial charge in [-0.1, -0.05) is 30.3 Å². The molecule has 0 atom stereocenters. The summed E-state index contributed by atoms with van der Waals surface area (Å²) in [5.41, 5.74) is 6.82. The van der Waals surface area contributed by atoms with E-state index in [2.05, 4.69) is 5.10 Å². The first-order valence-electron chi connectivity index (χ1n) is 5.65. The normalized spacial score (nSPS) is 10.3. The van der Waals surface area contributed by atoms with Crippen molar-refractivity contribution in [3.63, 3.8) is 0 Å². The van der Waals surface area contributed by atoms with Crippen molar-refractivity contribution in [1.29, 1.82) is 5.41 Å². The topological polar surface area (TPSA) is 84.8 Å². The zero-order valence-corrected chi connectivity index (χ0v) is 10.1. The number of aryl methyl sites for hydroxylation is 1. The predicted octanol–water partition coefficient (Wildman–Crippen LogP) is 1.21. The van der Waals surface area contributed by atoms with E-state index in [1.54, 1.807) is 6.07 Å². The van der Waals surface area contributed by atoms with Crippen molar-refractivity contribution >= 4 is 5.84 Å². The molecule has 0 amide bonds. The molecule has 1 aromatic carbocycles. The molecular weight excluding hydrogens is 228 g/mol. The molecule has 0 aliphatic carbocycles. The number of nitrogens with one attached hydrogen (secondary N) is 1. The number of nitrogens with zero attached hydrogens (tertiary/aromatic N) is 2. The fourth-order valence-corrected chi connectivity index (χ4v) is 1.70. The van der Waals surface area contributed by atoms with E-state index < -0.39 is 0 Å². The summed E-state index contributed by atoms with van der Waals surface area (Å²) in [7, 11) is 0. The van der Waals surface area contributed by atoms with Gasteiger partial charge in [-0.3, -0.25) is 10.2 Å². The van der Waals surface area contributed by atoms with Crippen LogP contribution >= 0.6 is 0 Å². The second-order valence-corrected chi connectivity index (χ2v) is 3.84. The molecule has 0 spiro atoms. The molecule has 0 saturated heterocycles. The van der Waals surface area contributed by atoms with Crippen LogP contribution in [0.25, 0.3) is 11.3 Å². The highest BCUT2D eigenvalue weighted by Crippen LogP contribution is 2.15. The molecule has 1 heterocycles. The molecule has 2 rings (SSSR count). The Morgan fingerprint density at radius 3 is 2.61 bits per heavy atom. The highest BCUT2D eigenvalue weighted by molar-refractivity contribution is 5.95. The van der Waals surface area contributed by atoms with Crippen molar-refractivity contribution in [1.82, 2.24) is 9.78 Å². The minimum atomic E-state index is -0.329. The van der Waals surface area contributed by atoms with E-state index in [9.17, 15) is 4.79 Å². The highest BCUT2D eigenvalue weighted by atomic mass is 16.1. The van der Waals surface area contributed by atoms with E-state index in [1.165, 1.54) is 4.68 Å². The van der Waals surface area contributed by atoms with Crippen LogP contribution in [-0.4, -0.2) is 15.6 Å². The maximum atomic E-state index is 11.9. The summed E-state index contributed by atoms with van der Waals surface area (Å²) in [6.07, 6.45) is 0. The molecule has 18 heavy (non-hydrogen) atoms. The molecule has 1 aromatic heterocycles. The van der Waals surface area contributed by atoms with Gasteiger partial charge in [-0.05, 0) is 13.0 Å². The van der Waals surface area contributed by atoms with Crippen LogP contribution in [-0.2, 0) is 6.54 Å². The quantitative estimate of drug-likeness (QED) is 0.626. The summed E-state index contributed by atoms with van der Waals surface area (Å²) in [4.78, 5) is 11.9. The third-order valence-corrected chi connectivity index (χ3v) is 2.63. The lowest BCUT2D eigenvalue weighted by atomic mass is 10.1. The van der Waals surface area contributed by atoms with Crippen LogP contribution in [0, 0.1) is 5.41 Å². The van der Waals surface area contributed by atoms with E-state index in [-0.39, 0.29) is 17.0 Å². The lowest BCUT2D eigenvalue weighted by Crippen LogP contribution is -2.31. The Bertz CT molecular complexity index is 631. The van der Waals surface area contributed by atoms with Gasteiger partial charge in [0, 0.05) is 12.1 Å². The summed E-state index contributed by atoms with van der Waals surface area (Å²) >= 11 is 0. The lowest BCUT2D eigenvalue weighted by molar-refractivity contribution is 0.617. The number of aromatic nitrogens is 2. The van der Waals surface area contributed by atoms with Gasteiger partial charge in [0.15, 0.2) is 0 Å². The maximum Gasteiger partial charge on any atom is 0.277 e. The summed E-state index contributed by atoms with van der Waals surface area (Å²) in [5, 5.41) is 11.7. The second kappa shape index (κ2) is 4.83. The average Bonchev–Trinajstić information content (AvgIpc) is 2.39. The smallest absolute Gasteiger partial charge is 0.277 e.